The van der Waals surface area contributed by atoms with Gasteiger partial charge in [-0.3, -0.25) is 9.59 Å². The first kappa shape index (κ1) is 32.5. The minimum atomic E-state index is -1.47. The van der Waals surface area contributed by atoms with Gasteiger partial charge in [-0.25, -0.2) is 4.39 Å². The number of thioether (sulfide) groups is 1. The van der Waals surface area contributed by atoms with E-state index < -0.39 is 5.41 Å². The lowest BCUT2D eigenvalue weighted by Gasteiger charge is -2.25. The molecule has 3 aromatic carbocycles. The maximum Gasteiger partial charge on any atom is 0.277 e. The molecular formula is C34H38FN3O3P2S. The molecule has 44 heavy (non-hydrogen) atoms. The van der Waals surface area contributed by atoms with E-state index >= 15 is 0 Å². The Morgan fingerprint density at radius 1 is 1.02 bits per heavy atom. The summed E-state index contributed by atoms with van der Waals surface area (Å²) in [4.78, 5) is 33.0. The highest BCUT2D eigenvalue weighted by Gasteiger charge is 2.25. The van der Waals surface area contributed by atoms with Crippen LogP contribution in [0.2, 0.25) is 0 Å². The summed E-state index contributed by atoms with van der Waals surface area (Å²) >= 11 is 1.49. The van der Waals surface area contributed by atoms with Crippen LogP contribution >= 0.6 is 30.2 Å². The van der Waals surface area contributed by atoms with Crippen LogP contribution in [0.4, 0.5) is 4.39 Å². The summed E-state index contributed by atoms with van der Waals surface area (Å²) < 4.78 is 21.6. The zero-order chi connectivity index (χ0) is 31.3. The number of aromatic nitrogens is 2. The van der Waals surface area contributed by atoms with E-state index in [1.165, 1.54) is 18.7 Å². The normalized spacial score (nSPS) is 13.8. The largest absolute Gasteiger partial charge is 0.383 e. The van der Waals surface area contributed by atoms with E-state index in [4.69, 9.17) is 4.74 Å². The summed E-state index contributed by atoms with van der Waals surface area (Å²) in [5.74, 6) is 0.597. The summed E-state index contributed by atoms with van der Waals surface area (Å²) in [6.45, 7) is 2.90. The smallest absolute Gasteiger partial charge is 0.277 e. The summed E-state index contributed by atoms with van der Waals surface area (Å²) in [6.07, 6.45) is 2.35. The molecule has 0 N–H and O–H groups in total. The minimum Gasteiger partial charge on any atom is -0.383 e. The van der Waals surface area contributed by atoms with E-state index in [1.807, 2.05) is 53.1 Å². The lowest BCUT2D eigenvalue weighted by atomic mass is 10.0. The third-order valence-electron chi connectivity index (χ3n) is 7.87. The average molecular weight is 650 g/mol. The van der Waals surface area contributed by atoms with Gasteiger partial charge in [0.15, 0.2) is 5.16 Å². The van der Waals surface area contributed by atoms with Gasteiger partial charge in [0.05, 0.1) is 6.61 Å². The molecule has 3 atom stereocenters. The molecule has 0 radical (unpaired) electrons. The number of amides is 1. The molecule has 5 rings (SSSR count). The van der Waals surface area contributed by atoms with E-state index in [0.717, 1.165) is 51.7 Å². The van der Waals surface area contributed by atoms with Gasteiger partial charge in [-0.1, -0.05) is 93.8 Å². The number of rotatable bonds is 12. The van der Waals surface area contributed by atoms with Crippen molar-refractivity contribution in [3.05, 3.63) is 111 Å². The van der Waals surface area contributed by atoms with Crippen LogP contribution in [0.15, 0.2) is 82.7 Å². The lowest BCUT2D eigenvalue weighted by Crippen LogP contribution is -2.37. The van der Waals surface area contributed by atoms with Crippen molar-refractivity contribution in [2.45, 2.75) is 55.6 Å². The molecule has 1 aromatic heterocycles. The van der Waals surface area contributed by atoms with Gasteiger partial charge in [0.25, 0.3) is 5.56 Å². The zero-order valence-corrected chi connectivity index (χ0v) is 28.2. The average Bonchev–Trinajstić information content (AvgIpc) is 3.51. The third kappa shape index (κ3) is 8.03. The van der Waals surface area contributed by atoms with Crippen molar-refractivity contribution >= 4 is 41.5 Å². The Labute approximate surface area is 267 Å². The van der Waals surface area contributed by atoms with E-state index in [2.05, 4.69) is 35.6 Å². The van der Waals surface area contributed by atoms with Gasteiger partial charge in [-0.15, -0.1) is 9.24 Å². The Balaban J connectivity index is 1.34. The molecule has 0 spiro atoms. The van der Waals surface area contributed by atoms with Crippen LogP contribution in [0, 0.1) is 0 Å². The van der Waals surface area contributed by atoms with Crippen molar-refractivity contribution in [2.75, 3.05) is 20.3 Å². The van der Waals surface area contributed by atoms with Crippen LogP contribution in [-0.4, -0.2) is 40.6 Å². The molecule has 4 aromatic rings. The molecular weight excluding hydrogens is 611 g/mol. The summed E-state index contributed by atoms with van der Waals surface area (Å²) in [5.41, 5.74) is 6.22. The molecule has 10 heteroatoms. The molecule has 0 saturated carbocycles. The summed E-state index contributed by atoms with van der Waals surface area (Å²) in [6, 6.07) is 23.7. The fourth-order valence-corrected chi connectivity index (χ4v) is 6.71. The van der Waals surface area contributed by atoms with Gasteiger partial charge in [0, 0.05) is 37.2 Å². The van der Waals surface area contributed by atoms with Crippen LogP contribution in [0.1, 0.15) is 41.3 Å². The molecule has 3 unspecified atom stereocenters. The summed E-state index contributed by atoms with van der Waals surface area (Å²) in [7, 11) is 6.54. The first-order valence-corrected chi connectivity index (χ1v) is 16.8. The monoisotopic (exact) mass is 649 g/mol. The predicted molar refractivity (Wildman–Crippen MR) is 183 cm³/mol. The van der Waals surface area contributed by atoms with Crippen molar-refractivity contribution in [2.24, 2.45) is 0 Å². The van der Waals surface area contributed by atoms with Crippen LogP contribution in [0.25, 0.3) is 11.1 Å². The molecule has 1 heterocycles. The van der Waals surface area contributed by atoms with E-state index in [1.54, 1.807) is 24.1 Å². The Kier molecular flexibility index (Phi) is 10.7. The number of hydrogen-bond donors (Lipinski definition) is 0. The van der Waals surface area contributed by atoms with Gasteiger partial charge >= 0.3 is 0 Å². The zero-order valence-electron chi connectivity index (χ0n) is 25.1. The van der Waals surface area contributed by atoms with Crippen molar-refractivity contribution in [3.63, 3.8) is 0 Å². The van der Waals surface area contributed by atoms with Crippen molar-refractivity contribution in [1.82, 2.24) is 14.5 Å². The van der Waals surface area contributed by atoms with Gasteiger partial charge in [-0.2, -0.15) is 4.98 Å². The first-order chi connectivity index (χ1) is 21.1. The Bertz CT molecular complexity index is 1650. The number of fused-ring (bicyclic) bond motifs is 1. The number of carbonyl (C=O) groups is 1. The molecule has 6 nitrogen and oxygen atoms in total. The quantitative estimate of drug-likeness (QED) is 0.109. The van der Waals surface area contributed by atoms with Crippen molar-refractivity contribution < 1.29 is 13.9 Å². The number of ether oxygens (including phenoxy) is 1. The van der Waals surface area contributed by atoms with Gasteiger partial charge < -0.3 is 14.2 Å². The summed E-state index contributed by atoms with van der Waals surface area (Å²) in [5, 5.41) is 0.223. The maximum absolute atomic E-state index is 14.2. The van der Waals surface area contributed by atoms with E-state index in [9.17, 15) is 14.0 Å². The topological polar surface area (TPSA) is 64.4 Å². The number of nitrogens with zero attached hydrogens (tertiary/aromatic N) is 3. The number of alkyl halides is 1. The fraction of sp³-hybridized carbons (Fsp3) is 0.324. The Hall–Kier alpha value is -2.89. The number of hydrogen-bond acceptors (Lipinski definition) is 5. The second kappa shape index (κ2) is 14.5. The van der Waals surface area contributed by atoms with Gasteiger partial charge in [0.1, 0.15) is 12.0 Å². The number of carbonyl (C=O) groups excluding carboxylic acids is 1. The predicted octanol–water partition coefficient (Wildman–Crippen LogP) is 5.88. The molecule has 1 aliphatic carbocycles. The minimum absolute atomic E-state index is 0.0535. The van der Waals surface area contributed by atoms with Crippen molar-refractivity contribution in [1.29, 1.82) is 0 Å². The Morgan fingerprint density at radius 3 is 2.30 bits per heavy atom. The van der Waals surface area contributed by atoms with E-state index in [-0.39, 0.29) is 18.0 Å². The maximum atomic E-state index is 14.2. The number of benzene rings is 3. The van der Waals surface area contributed by atoms with Crippen molar-refractivity contribution in [3.8, 4) is 11.1 Å². The highest BCUT2D eigenvalue weighted by atomic mass is 32.2. The molecule has 0 saturated heterocycles. The van der Waals surface area contributed by atoms with Crippen LogP contribution in [-0.2, 0) is 46.6 Å². The van der Waals surface area contributed by atoms with Crippen LogP contribution in [0.5, 0.6) is 0 Å². The lowest BCUT2D eigenvalue weighted by molar-refractivity contribution is -0.133. The molecule has 0 bridgehead atoms. The molecule has 1 aliphatic rings. The fourth-order valence-electron chi connectivity index (χ4n) is 5.36. The standard InChI is InChI=1S/C34H38FN3O3P2S/c1-34(35,43)27-14-12-26(13-15-27)25-10-6-23(7-11-25)20-37(18-19-41-2)31(39)21-38-30-5-3-4-29(30)32(40)36-33(38)44-22-24-8-16-28(42)17-9-24/h6-17H,3-5,18-22,42-43H2,1-2H3. The van der Waals surface area contributed by atoms with Gasteiger partial charge in [-0.05, 0) is 59.3 Å². The highest BCUT2D eigenvalue weighted by Crippen LogP contribution is 2.34. The van der Waals surface area contributed by atoms with E-state index in [0.29, 0.717) is 42.6 Å². The molecule has 1 amide bonds. The number of halogens is 1. The molecule has 230 valence electrons. The second-order valence-electron chi connectivity index (χ2n) is 11.3. The molecule has 0 aliphatic heterocycles. The SMILES string of the molecule is COCCN(Cc1ccc(-c2ccc(C(C)(F)P)cc2)cc1)C(=O)Cn1c(SCc2ccc(P)cc2)nc(=O)c2c1CCC2. The highest BCUT2D eigenvalue weighted by molar-refractivity contribution is 7.98. The first-order valence-electron chi connectivity index (χ1n) is 14.7. The Morgan fingerprint density at radius 2 is 1.66 bits per heavy atom. The second-order valence-corrected chi connectivity index (χ2v) is 13.9. The van der Waals surface area contributed by atoms with Gasteiger partial charge in [0.2, 0.25) is 5.91 Å². The van der Waals surface area contributed by atoms with Crippen LogP contribution in [0.3, 0.4) is 0 Å². The third-order valence-corrected chi connectivity index (χ3v) is 9.64. The number of methoxy groups -OCH3 is 1. The molecule has 0 fully saturated rings. The van der Waals surface area contributed by atoms with Crippen LogP contribution < -0.4 is 10.9 Å².